The normalized spacial score (nSPS) is 14.5. The number of aryl methyl sites for hydroxylation is 3. The Bertz CT molecular complexity index is 1050. The molecule has 1 aliphatic rings. The van der Waals surface area contributed by atoms with E-state index in [9.17, 15) is 0 Å². The molecule has 4 rings (SSSR count). The van der Waals surface area contributed by atoms with Crippen molar-refractivity contribution < 1.29 is 0 Å². The Morgan fingerprint density at radius 1 is 1.03 bits per heavy atom. The van der Waals surface area contributed by atoms with Gasteiger partial charge in [0.25, 0.3) is 0 Å². The van der Waals surface area contributed by atoms with Crippen molar-refractivity contribution >= 4 is 16.9 Å². The van der Waals surface area contributed by atoms with E-state index in [-0.39, 0.29) is 0 Å². The van der Waals surface area contributed by atoms with Crippen LogP contribution in [0.2, 0.25) is 0 Å². The topological polar surface area (TPSA) is 29.0 Å². The summed E-state index contributed by atoms with van der Waals surface area (Å²) in [6.45, 7) is 21.2. The van der Waals surface area contributed by atoms with Crippen molar-refractivity contribution in [3.05, 3.63) is 77.5 Å². The molecule has 0 saturated carbocycles. The first kappa shape index (κ1) is 27.6. The van der Waals surface area contributed by atoms with Crippen molar-refractivity contribution in [1.29, 1.82) is 0 Å². The first-order valence-electron chi connectivity index (χ1n) is 13.0. The lowest BCUT2D eigenvalue weighted by Crippen LogP contribution is -2.39. The SMILES string of the molecule is C=C(C)CCC1(C)CCN(c2cnc3ccccc3n2)CC1.CC.CCc1cc(C)ccc1C. The predicted molar refractivity (Wildman–Crippen MR) is 150 cm³/mol. The molecule has 3 nitrogen and oxygen atoms in total. The van der Waals surface area contributed by atoms with E-state index in [1.54, 1.807) is 0 Å². The Labute approximate surface area is 208 Å². The molecule has 0 atom stereocenters. The van der Waals surface area contributed by atoms with Gasteiger partial charge in [0.2, 0.25) is 0 Å². The third kappa shape index (κ3) is 7.97. The van der Waals surface area contributed by atoms with E-state index in [1.807, 2.05) is 44.3 Å². The van der Waals surface area contributed by atoms with Gasteiger partial charge in [-0.1, -0.05) is 69.2 Å². The molecule has 184 valence electrons. The molecule has 0 N–H and O–H groups in total. The molecule has 0 aliphatic carbocycles. The molecule has 0 radical (unpaired) electrons. The molecule has 2 heterocycles. The highest BCUT2D eigenvalue weighted by Gasteiger charge is 2.30. The number of piperidine rings is 1. The van der Waals surface area contributed by atoms with Crippen LogP contribution in [0.25, 0.3) is 11.0 Å². The van der Waals surface area contributed by atoms with Gasteiger partial charge in [0.15, 0.2) is 0 Å². The number of nitrogens with zero attached hydrogens (tertiary/aromatic N) is 3. The lowest BCUT2D eigenvalue weighted by atomic mass is 9.76. The lowest BCUT2D eigenvalue weighted by Gasteiger charge is -2.40. The molecule has 3 heteroatoms. The fourth-order valence-corrected chi connectivity index (χ4v) is 4.32. The van der Waals surface area contributed by atoms with Crippen LogP contribution < -0.4 is 4.90 Å². The lowest BCUT2D eigenvalue weighted by molar-refractivity contribution is 0.228. The Kier molecular flexibility index (Phi) is 10.8. The van der Waals surface area contributed by atoms with Gasteiger partial charge < -0.3 is 4.90 Å². The number of aromatic nitrogens is 2. The highest BCUT2D eigenvalue weighted by molar-refractivity contribution is 5.75. The second-order valence-corrected chi connectivity index (χ2v) is 9.76. The van der Waals surface area contributed by atoms with Crippen molar-refractivity contribution in [2.24, 2.45) is 5.41 Å². The van der Waals surface area contributed by atoms with E-state index in [1.165, 1.54) is 41.5 Å². The number of rotatable bonds is 5. The molecule has 0 bridgehead atoms. The standard InChI is InChI=1S/C19H25N3.C10H14.C2H6/c1-15(2)8-9-19(3)10-12-22(13-11-19)18-14-20-16-6-4-5-7-17(16)21-18;1-4-10-7-8(2)5-6-9(10)3;1-2/h4-7,14H,1,8-13H2,2-3H3;5-7H,4H2,1-3H3;1-2H3. The Hall–Kier alpha value is -2.68. The maximum atomic E-state index is 4.77. The fraction of sp³-hybridized carbons (Fsp3) is 0.484. The molecule has 1 aliphatic heterocycles. The molecule has 34 heavy (non-hydrogen) atoms. The van der Waals surface area contributed by atoms with Gasteiger partial charge in [-0.05, 0) is 81.5 Å². The zero-order valence-electron chi connectivity index (χ0n) is 22.6. The van der Waals surface area contributed by atoms with E-state index in [4.69, 9.17) is 4.98 Å². The molecule has 0 unspecified atom stereocenters. The predicted octanol–water partition coefficient (Wildman–Crippen LogP) is 8.48. The summed E-state index contributed by atoms with van der Waals surface area (Å²) in [6.07, 6.45) is 7.89. The number of anilines is 1. The van der Waals surface area contributed by atoms with E-state index in [0.29, 0.717) is 5.41 Å². The van der Waals surface area contributed by atoms with Gasteiger partial charge in [-0.15, -0.1) is 6.58 Å². The van der Waals surface area contributed by atoms with Crippen molar-refractivity contribution in [1.82, 2.24) is 9.97 Å². The van der Waals surface area contributed by atoms with Gasteiger partial charge in [-0.25, -0.2) is 4.98 Å². The van der Waals surface area contributed by atoms with Crippen LogP contribution in [0, 0.1) is 19.3 Å². The third-order valence-corrected chi connectivity index (χ3v) is 6.77. The smallest absolute Gasteiger partial charge is 0.147 e. The van der Waals surface area contributed by atoms with E-state index >= 15 is 0 Å². The van der Waals surface area contributed by atoms with Gasteiger partial charge in [-0.2, -0.15) is 0 Å². The van der Waals surface area contributed by atoms with E-state index in [2.05, 4.69) is 69.3 Å². The van der Waals surface area contributed by atoms with Crippen LogP contribution in [0.1, 0.15) is 77.0 Å². The molecule has 3 aromatic rings. The largest absolute Gasteiger partial charge is 0.355 e. The quantitative estimate of drug-likeness (QED) is 0.358. The van der Waals surface area contributed by atoms with Crippen LogP contribution >= 0.6 is 0 Å². The second-order valence-electron chi connectivity index (χ2n) is 9.76. The van der Waals surface area contributed by atoms with Crippen LogP contribution in [0.15, 0.2) is 60.8 Å². The zero-order valence-corrected chi connectivity index (χ0v) is 22.6. The summed E-state index contributed by atoms with van der Waals surface area (Å²) in [6, 6.07) is 14.7. The van der Waals surface area contributed by atoms with Gasteiger partial charge >= 0.3 is 0 Å². The molecular formula is C31H45N3. The molecule has 0 amide bonds. The Morgan fingerprint density at radius 3 is 2.26 bits per heavy atom. The second kappa shape index (κ2) is 13.3. The van der Waals surface area contributed by atoms with Gasteiger partial charge in [0.1, 0.15) is 5.82 Å². The number of hydrogen-bond acceptors (Lipinski definition) is 3. The molecule has 0 spiro atoms. The molecule has 2 aromatic carbocycles. The maximum absolute atomic E-state index is 4.77. The average Bonchev–Trinajstić information content (AvgIpc) is 2.86. The minimum absolute atomic E-state index is 0.444. The first-order chi connectivity index (χ1) is 16.3. The highest BCUT2D eigenvalue weighted by atomic mass is 15.2. The van der Waals surface area contributed by atoms with Gasteiger partial charge in [0.05, 0.1) is 17.2 Å². The van der Waals surface area contributed by atoms with Crippen molar-refractivity contribution in [2.75, 3.05) is 18.0 Å². The van der Waals surface area contributed by atoms with Crippen LogP contribution in [0.4, 0.5) is 5.82 Å². The van der Waals surface area contributed by atoms with Crippen LogP contribution in [0.5, 0.6) is 0 Å². The summed E-state index contributed by atoms with van der Waals surface area (Å²) < 4.78 is 0. The summed E-state index contributed by atoms with van der Waals surface area (Å²) in [4.78, 5) is 11.7. The maximum Gasteiger partial charge on any atom is 0.147 e. The van der Waals surface area contributed by atoms with Crippen molar-refractivity contribution in [3.8, 4) is 0 Å². The molecule has 1 aromatic heterocycles. The summed E-state index contributed by atoms with van der Waals surface area (Å²) in [7, 11) is 0. The Balaban J connectivity index is 0.000000286. The fourth-order valence-electron chi connectivity index (χ4n) is 4.32. The molecule has 1 fully saturated rings. The minimum atomic E-state index is 0.444. The minimum Gasteiger partial charge on any atom is -0.355 e. The third-order valence-electron chi connectivity index (χ3n) is 6.77. The molecular weight excluding hydrogens is 414 g/mol. The van der Waals surface area contributed by atoms with Gasteiger partial charge in [0, 0.05) is 13.1 Å². The van der Waals surface area contributed by atoms with Crippen molar-refractivity contribution in [3.63, 3.8) is 0 Å². The first-order valence-corrected chi connectivity index (χ1v) is 13.0. The van der Waals surface area contributed by atoms with Crippen LogP contribution in [-0.4, -0.2) is 23.1 Å². The average molecular weight is 460 g/mol. The van der Waals surface area contributed by atoms with Crippen LogP contribution in [0.3, 0.4) is 0 Å². The van der Waals surface area contributed by atoms with Crippen molar-refractivity contribution in [2.45, 2.75) is 80.6 Å². The Morgan fingerprint density at radius 2 is 1.68 bits per heavy atom. The number of benzene rings is 2. The van der Waals surface area contributed by atoms with E-state index < -0.39 is 0 Å². The monoisotopic (exact) mass is 459 g/mol. The summed E-state index contributed by atoms with van der Waals surface area (Å²) in [5.74, 6) is 1.01. The summed E-state index contributed by atoms with van der Waals surface area (Å²) in [5, 5.41) is 0. The number of fused-ring (bicyclic) bond motifs is 1. The summed E-state index contributed by atoms with van der Waals surface area (Å²) >= 11 is 0. The van der Waals surface area contributed by atoms with Crippen LogP contribution in [-0.2, 0) is 6.42 Å². The zero-order chi connectivity index (χ0) is 25.1. The highest BCUT2D eigenvalue weighted by Crippen LogP contribution is 2.37. The summed E-state index contributed by atoms with van der Waals surface area (Å²) in [5.41, 5.74) is 7.93. The number of hydrogen-bond donors (Lipinski definition) is 0. The van der Waals surface area contributed by atoms with E-state index in [0.717, 1.165) is 42.8 Å². The molecule has 1 saturated heterocycles. The van der Waals surface area contributed by atoms with Gasteiger partial charge in [-0.3, -0.25) is 4.98 Å². The number of para-hydroxylation sites is 2. The number of allylic oxidation sites excluding steroid dienone is 1.